The maximum atomic E-state index is 12.6. The van der Waals surface area contributed by atoms with Gasteiger partial charge in [-0.25, -0.2) is 0 Å². The third kappa shape index (κ3) is 2.86. The number of rotatable bonds is 3. The smallest absolute Gasteiger partial charge is 0.202 e. The Labute approximate surface area is 138 Å². The molecule has 0 N–H and O–H groups in total. The quantitative estimate of drug-likeness (QED) is 0.576. The maximum Gasteiger partial charge on any atom is 0.202 e. The average molecular weight is 357 g/mol. The zero-order valence-corrected chi connectivity index (χ0v) is 14.5. The molecule has 22 heavy (non-hydrogen) atoms. The second kappa shape index (κ2) is 5.73. The van der Waals surface area contributed by atoms with Crippen molar-refractivity contribution >= 4 is 32.7 Å². The van der Waals surface area contributed by atoms with Crippen LogP contribution in [0, 0.1) is 20.8 Å². The Balaban J connectivity index is 1.93. The van der Waals surface area contributed by atoms with Gasteiger partial charge in [0.1, 0.15) is 5.58 Å². The van der Waals surface area contributed by atoms with E-state index in [1.165, 1.54) is 5.56 Å². The molecule has 0 aliphatic heterocycles. The zero-order chi connectivity index (χ0) is 15.9. The minimum atomic E-state index is 0.0161. The molecular formula is C19H17BrO2. The molecule has 1 aromatic heterocycles. The van der Waals surface area contributed by atoms with Crippen LogP contribution in [-0.2, 0) is 6.42 Å². The summed E-state index contributed by atoms with van der Waals surface area (Å²) in [6, 6.07) is 11.8. The van der Waals surface area contributed by atoms with Crippen molar-refractivity contribution in [2.24, 2.45) is 0 Å². The Hall–Kier alpha value is -1.87. The van der Waals surface area contributed by atoms with Crippen LogP contribution in [0.5, 0.6) is 0 Å². The molecule has 2 nitrogen and oxygen atoms in total. The Morgan fingerprint density at radius 2 is 1.73 bits per heavy atom. The van der Waals surface area contributed by atoms with Gasteiger partial charge in [-0.15, -0.1) is 0 Å². The van der Waals surface area contributed by atoms with Crippen molar-refractivity contribution in [1.29, 1.82) is 0 Å². The standard InChI is InChI=1S/C19H17BrO2/c1-11-6-12(2)16(13(3)7-11)10-17(21)19-9-14-8-15(20)4-5-18(14)22-19/h4-9H,10H2,1-3H3. The Kier molecular flexibility index (Phi) is 3.92. The van der Waals surface area contributed by atoms with Gasteiger partial charge in [-0.3, -0.25) is 4.79 Å². The van der Waals surface area contributed by atoms with Crippen LogP contribution >= 0.6 is 15.9 Å². The lowest BCUT2D eigenvalue weighted by molar-refractivity contribution is 0.0968. The summed E-state index contributed by atoms with van der Waals surface area (Å²) in [7, 11) is 0. The number of fused-ring (bicyclic) bond motifs is 1. The minimum absolute atomic E-state index is 0.0161. The van der Waals surface area contributed by atoms with Crippen LogP contribution in [0.1, 0.15) is 32.8 Å². The van der Waals surface area contributed by atoms with Gasteiger partial charge in [0.05, 0.1) is 0 Å². The normalized spacial score (nSPS) is 11.1. The van der Waals surface area contributed by atoms with Gasteiger partial charge in [0.2, 0.25) is 5.78 Å². The summed E-state index contributed by atoms with van der Waals surface area (Å²) in [5, 5.41) is 0.940. The summed E-state index contributed by atoms with van der Waals surface area (Å²) < 4.78 is 6.67. The van der Waals surface area contributed by atoms with E-state index in [4.69, 9.17) is 4.42 Å². The second-order valence-corrected chi connectivity index (χ2v) is 6.69. The highest BCUT2D eigenvalue weighted by Crippen LogP contribution is 2.25. The SMILES string of the molecule is Cc1cc(C)c(CC(=O)c2cc3cc(Br)ccc3o2)c(C)c1. The van der Waals surface area contributed by atoms with Crippen LogP contribution in [0.15, 0.2) is 45.3 Å². The molecule has 0 aliphatic carbocycles. The fourth-order valence-corrected chi connectivity index (χ4v) is 3.27. The molecule has 3 heteroatoms. The monoisotopic (exact) mass is 356 g/mol. The second-order valence-electron chi connectivity index (χ2n) is 5.77. The maximum absolute atomic E-state index is 12.6. The van der Waals surface area contributed by atoms with Gasteiger partial charge in [-0.05, 0) is 61.7 Å². The topological polar surface area (TPSA) is 30.2 Å². The van der Waals surface area contributed by atoms with Crippen molar-refractivity contribution in [3.8, 4) is 0 Å². The molecule has 1 heterocycles. The summed E-state index contributed by atoms with van der Waals surface area (Å²) >= 11 is 3.43. The van der Waals surface area contributed by atoms with Crippen molar-refractivity contribution < 1.29 is 9.21 Å². The number of hydrogen-bond acceptors (Lipinski definition) is 2. The first kappa shape index (κ1) is 15.0. The zero-order valence-electron chi connectivity index (χ0n) is 12.9. The molecule has 2 aromatic carbocycles. The van der Waals surface area contributed by atoms with E-state index < -0.39 is 0 Å². The Morgan fingerprint density at radius 1 is 1.05 bits per heavy atom. The number of aryl methyl sites for hydroxylation is 3. The molecule has 0 spiro atoms. The molecule has 3 rings (SSSR count). The Bertz CT molecular complexity index is 851. The van der Waals surface area contributed by atoms with E-state index in [-0.39, 0.29) is 5.78 Å². The third-order valence-electron chi connectivity index (χ3n) is 3.93. The minimum Gasteiger partial charge on any atom is -0.453 e. The molecule has 0 bridgehead atoms. The number of ketones is 1. The molecule has 0 radical (unpaired) electrons. The first-order valence-electron chi connectivity index (χ1n) is 7.23. The van der Waals surface area contributed by atoms with E-state index >= 15 is 0 Å². The van der Waals surface area contributed by atoms with Gasteiger partial charge in [0.15, 0.2) is 5.76 Å². The number of carbonyl (C=O) groups is 1. The number of hydrogen-bond donors (Lipinski definition) is 0. The number of Topliss-reactive ketones (excluding diaryl/α,β-unsaturated/α-hetero) is 1. The lowest BCUT2D eigenvalue weighted by Crippen LogP contribution is -2.06. The molecule has 112 valence electrons. The molecule has 0 amide bonds. The number of benzene rings is 2. The fourth-order valence-electron chi connectivity index (χ4n) is 2.89. The average Bonchev–Trinajstić information content (AvgIpc) is 2.85. The summed E-state index contributed by atoms with van der Waals surface area (Å²) in [5.74, 6) is 0.440. The van der Waals surface area contributed by atoms with Gasteiger partial charge in [0, 0.05) is 16.3 Å². The number of halogens is 1. The van der Waals surface area contributed by atoms with E-state index in [1.54, 1.807) is 0 Å². The highest BCUT2D eigenvalue weighted by molar-refractivity contribution is 9.10. The molecule has 0 aliphatic rings. The van der Waals surface area contributed by atoms with Gasteiger partial charge >= 0.3 is 0 Å². The predicted octanol–water partition coefficient (Wildman–Crippen LogP) is 5.55. The van der Waals surface area contributed by atoms with Crippen LogP contribution in [0.3, 0.4) is 0 Å². The van der Waals surface area contributed by atoms with Gasteiger partial charge in [-0.1, -0.05) is 33.6 Å². The fraction of sp³-hybridized carbons (Fsp3) is 0.211. The molecular weight excluding hydrogens is 340 g/mol. The van der Waals surface area contributed by atoms with E-state index in [0.29, 0.717) is 12.2 Å². The summed E-state index contributed by atoms with van der Waals surface area (Å²) in [6.45, 7) is 6.18. The molecule has 0 unspecified atom stereocenters. The van der Waals surface area contributed by atoms with Crippen LogP contribution in [0.4, 0.5) is 0 Å². The molecule has 0 saturated carbocycles. The van der Waals surface area contributed by atoms with Crippen LogP contribution < -0.4 is 0 Å². The van der Waals surface area contributed by atoms with Crippen LogP contribution in [-0.4, -0.2) is 5.78 Å². The van der Waals surface area contributed by atoms with Crippen LogP contribution in [0.2, 0.25) is 0 Å². The van der Waals surface area contributed by atoms with E-state index in [0.717, 1.165) is 32.1 Å². The lowest BCUT2D eigenvalue weighted by Gasteiger charge is -2.09. The van der Waals surface area contributed by atoms with E-state index in [1.807, 2.05) is 24.3 Å². The highest BCUT2D eigenvalue weighted by Gasteiger charge is 2.15. The third-order valence-corrected chi connectivity index (χ3v) is 4.42. The molecule has 0 atom stereocenters. The summed E-state index contributed by atoms with van der Waals surface area (Å²) in [4.78, 5) is 12.6. The van der Waals surface area contributed by atoms with Crippen molar-refractivity contribution in [1.82, 2.24) is 0 Å². The van der Waals surface area contributed by atoms with Gasteiger partial charge in [0.25, 0.3) is 0 Å². The van der Waals surface area contributed by atoms with Crippen molar-refractivity contribution in [2.45, 2.75) is 27.2 Å². The molecule has 0 saturated heterocycles. The predicted molar refractivity (Wildman–Crippen MR) is 92.6 cm³/mol. The molecule has 0 fully saturated rings. The largest absolute Gasteiger partial charge is 0.453 e. The summed E-state index contributed by atoms with van der Waals surface area (Å²) in [6.07, 6.45) is 0.374. The van der Waals surface area contributed by atoms with Gasteiger partial charge in [-0.2, -0.15) is 0 Å². The highest BCUT2D eigenvalue weighted by atomic mass is 79.9. The lowest BCUT2D eigenvalue weighted by atomic mass is 9.95. The van der Waals surface area contributed by atoms with Gasteiger partial charge < -0.3 is 4.42 Å². The first-order valence-corrected chi connectivity index (χ1v) is 8.02. The van der Waals surface area contributed by atoms with Crippen LogP contribution in [0.25, 0.3) is 11.0 Å². The Morgan fingerprint density at radius 3 is 2.41 bits per heavy atom. The van der Waals surface area contributed by atoms with Crippen molar-refractivity contribution in [3.05, 3.63) is 68.9 Å². The number of furan rings is 1. The molecule has 3 aromatic rings. The van der Waals surface area contributed by atoms with Crippen molar-refractivity contribution in [2.75, 3.05) is 0 Å². The first-order chi connectivity index (χ1) is 10.4. The summed E-state index contributed by atoms with van der Waals surface area (Å²) in [5.41, 5.74) is 5.37. The van der Waals surface area contributed by atoms with Crippen molar-refractivity contribution in [3.63, 3.8) is 0 Å². The number of carbonyl (C=O) groups excluding carboxylic acids is 1. The van der Waals surface area contributed by atoms with E-state index in [2.05, 4.69) is 48.8 Å². The van der Waals surface area contributed by atoms with E-state index in [9.17, 15) is 4.79 Å².